The summed E-state index contributed by atoms with van der Waals surface area (Å²) in [4.78, 5) is 12.0. The highest BCUT2D eigenvalue weighted by atomic mass is 32.1. The first-order valence-electron chi connectivity index (χ1n) is 7.87. The molecule has 0 radical (unpaired) electrons. The van der Waals surface area contributed by atoms with Crippen LogP contribution in [0.1, 0.15) is 36.5 Å². The Bertz CT molecular complexity index is 750. The molecule has 0 fully saturated rings. The first-order chi connectivity index (χ1) is 10.8. The summed E-state index contributed by atoms with van der Waals surface area (Å²) in [5.74, 6) is 1.87. The summed E-state index contributed by atoms with van der Waals surface area (Å²) in [5, 5.41) is 4.62. The largest absolute Gasteiger partial charge is 0.369 e. The maximum Gasteiger partial charge on any atom is 0.138 e. The van der Waals surface area contributed by atoms with Crippen LogP contribution < -0.4 is 5.32 Å². The molecule has 22 heavy (non-hydrogen) atoms. The second-order valence-corrected chi connectivity index (χ2v) is 6.48. The van der Waals surface area contributed by atoms with Crippen LogP contribution in [0, 0.1) is 0 Å². The van der Waals surface area contributed by atoms with Crippen LogP contribution in [-0.4, -0.2) is 16.5 Å². The van der Waals surface area contributed by atoms with Gasteiger partial charge in [0.15, 0.2) is 0 Å². The minimum Gasteiger partial charge on any atom is -0.369 e. The molecule has 0 amide bonds. The van der Waals surface area contributed by atoms with E-state index in [9.17, 15) is 0 Å². The van der Waals surface area contributed by atoms with Gasteiger partial charge in [-0.15, -0.1) is 11.3 Å². The minimum atomic E-state index is 0.775. The standard InChI is InChI=1S/C18H21N3S/c1-3-10-19-17-15-12-14(4-2)22-18(15)21-16(20-17)11-13-8-6-5-7-9-13/h5-9,12H,3-4,10-11H2,1-2H3,(H,19,20,21). The van der Waals surface area contributed by atoms with E-state index in [-0.39, 0.29) is 0 Å². The molecule has 0 aliphatic carbocycles. The highest BCUT2D eigenvalue weighted by Crippen LogP contribution is 2.29. The molecule has 2 aromatic heterocycles. The Morgan fingerprint density at radius 3 is 2.64 bits per heavy atom. The van der Waals surface area contributed by atoms with Crippen LogP contribution in [0.15, 0.2) is 36.4 Å². The third-order valence-electron chi connectivity index (χ3n) is 3.59. The Labute approximate surface area is 135 Å². The molecule has 0 atom stereocenters. The fourth-order valence-corrected chi connectivity index (χ4v) is 3.41. The lowest BCUT2D eigenvalue weighted by Gasteiger charge is -2.08. The Kier molecular flexibility index (Phi) is 4.68. The molecular formula is C18H21N3S. The van der Waals surface area contributed by atoms with Crippen LogP contribution in [0.25, 0.3) is 10.2 Å². The van der Waals surface area contributed by atoms with E-state index in [0.717, 1.165) is 47.7 Å². The quantitative estimate of drug-likeness (QED) is 0.719. The molecule has 0 saturated carbocycles. The average molecular weight is 311 g/mol. The maximum atomic E-state index is 4.78. The Hall–Kier alpha value is -1.94. The Morgan fingerprint density at radius 1 is 1.09 bits per heavy atom. The molecule has 0 bridgehead atoms. The van der Waals surface area contributed by atoms with Gasteiger partial charge in [0, 0.05) is 17.8 Å². The number of anilines is 1. The number of nitrogens with zero attached hydrogens (tertiary/aromatic N) is 2. The molecule has 0 saturated heterocycles. The first kappa shape index (κ1) is 15.0. The van der Waals surface area contributed by atoms with Gasteiger partial charge >= 0.3 is 0 Å². The molecule has 3 rings (SSSR count). The van der Waals surface area contributed by atoms with E-state index in [0.29, 0.717) is 0 Å². The molecule has 1 aromatic carbocycles. The molecule has 3 aromatic rings. The summed E-state index contributed by atoms with van der Waals surface area (Å²) in [5.41, 5.74) is 1.25. The van der Waals surface area contributed by atoms with E-state index >= 15 is 0 Å². The van der Waals surface area contributed by atoms with Crippen molar-refractivity contribution in [3.8, 4) is 0 Å². The summed E-state index contributed by atoms with van der Waals surface area (Å²) in [6.07, 6.45) is 2.91. The van der Waals surface area contributed by atoms with Crippen LogP contribution in [0.2, 0.25) is 0 Å². The molecule has 0 spiro atoms. The lowest BCUT2D eigenvalue weighted by molar-refractivity contribution is 0.948. The lowest BCUT2D eigenvalue weighted by Crippen LogP contribution is -2.05. The number of hydrogen-bond acceptors (Lipinski definition) is 4. The summed E-state index contributed by atoms with van der Waals surface area (Å²) in [6.45, 7) is 5.29. The van der Waals surface area contributed by atoms with Crippen LogP contribution in [0.3, 0.4) is 0 Å². The third kappa shape index (κ3) is 3.28. The van der Waals surface area contributed by atoms with Crippen molar-refractivity contribution in [1.29, 1.82) is 0 Å². The van der Waals surface area contributed by atoms with Gasteiger partial charge in [-0.05, 0) is 24.5 Å². The summed E-state index contributed by atoms with van der Waals surface area (Å²) in [6, 6.07) is 12.6. The van der Waals surface area contributed by atoms with E-state index in [2.05, 4.69) is 49.5 Å². The van der Waals surface area contributed by atoms with Gasteiger partial charge in [0.05, 0.1) is 5.39 Å². The van der Waals surface area contributed by atoms with Crippen molar-refractivity contribution in [2.45, 2.75) is 33.1 Å². The van der Waals surface area contributed by atoms with Crippen LogP contribution in [-0.2, 0) is 12.8 Å². The highest BCUT2D eigenvalue weighted by molar-refractivity contribution is 7.18. The SMILES string of the molecule is CCCNc1nc(Cc2ccccc2)nc2sc(CC)cc12. The second-order valence-electron chi connectivity index (χ2n) is 5.36. The molecule has 0 aliphatic rings. The van der Waals surface area contributed by atoms with E-state index < -0.39 is 0 Å². The minimum absolute atomic E-state index is 0.775. The number of thiophene rings is 1. The number of aryl methyl sites for hydroxylation is 1. The molecule has 1 N–H and O–H groups in total. The zero-order valence-corrected chi connectivity index (χ0v) is 13.9. The van der Waals surface area contributed by atoms with Crippen molar-refractivity contribution in [2.24, 2.45) is 0 Å². The second kappa shape index (κ2) is 6.88. The zero-order chi connectivity index (χ0) is 15.4. The smallest absolute Gasteiger partial charge is 0.138 e. The number of aromatic nitrogens is 2. The van der Waals surface area contributed by atoms with E-state index in [4.69, 9.17) is 9.97 Å². The molecular weight excluding hydrogens is 290 g/mol. The van der Waals surface area contributed by atoms with Crippen molar-refractivity contribution in [3.63, 3.8) is 0 Å². The summed E-state index contributed by atoms with van der Waals surface area (Å²) in [7, 11) is 0. The number of nitrogens with one attached hydrogen (secondary N) is 1. The van der Waals surface area contributed by atoms with Gasteiger partial charge in [0.25, 0.3) is 0 Å². The van der Waals surface area contributed by atoms with Crippen LogP contribution in [0.5, 0.6) is 0 Å². The van der Waals surface area contributed by atoms with Crippen LogP contribution in [0.4, 0.5) is 5.82 Å². The number of rotatable bonds is 6. The van der Waals surface area contributed by atoms with Crippen molar-refractivity contribution >= 4 is 27.4 Å². The first-order valence-corrected chi connectivity index (χ1v) is 8.69. The average Bonchev–Trinajstić information content (AvgIpc) is 2.97. The highest BCUT2D eigenvalue weighted by Gasteiger charge is 2.11. The fraction of sp³-hybridized carbons (Fsp3) is 0.333. The van der Waals surface area contributed by atoms with Gasteiger partial charge in [-0.3, -0.25) is 0 Å². The van der Waals surface area contributed by atoms with E-state index in [1.165, 1.54) is 10.4 Å². The van der Waals surface area contributed by atoms with E-state index in [1.807, 2.05) is 6.07 Å². The normalized spacial score (nSPS) is 11.0. The number of benzene rings is 1. The van der Waals surface area contributed by atoms with Crippen molar-refractivity contribution in [1.82, 2.24) is 9.97 Å². The van der Waals surface area contributed by atoms with Gasteiger partial charge in [-0.2, -0.15) is 0 Å². The summed E-state index contributed by atoms with van der Waals surface area (Å²) < 4.78 is 0. The maximum absolute atomic E-state index is 4.78. The number of fused-ring (bicyclic) bond motifs is 1. The molecule has 3 nitrogen and oxygen atoms in total. The third-order valence-corrected chi connectivity index (χ3v) is 4.76. The molecule has 2 heterocycles. The number of hydrogen-bond donors (Lipinski definition) is 1. The molecule has 0 aliphatic heterocycles. The predicted molar refractivity (Wildman–Crippen MR) is 94.8 cm³/mol. The molecule has 4 heteroatoms. The van der Waals surface area contributed by atoms with Gasteiger partial charge in [-0.1, -0.05) is 44.2 Å². The van der Waals surface area contributed by atoms with Gasteiger partial charge in [-0.25, -0.2) is 9.97 Å². The Balaban J connectivity index is 1.99. The molecule has 114 valence electrons. The van der Waals surface area contributed by atoms with E-state index in [1.54, 1.807) is 11.3 Å². The topological polar surface area (TPSA) is 37.8 Å². The predicted octanol–water partition coefficient (Wildman–Crippen LogP) is 4.67. The summed E-state index contributed by atoms with van der Waals surface area (Å²) >= 11 is 1.78. The van der Waals surface area contributed by atoms with Crippen molar-refractivity contribution in [2.75, 3.05) is 11.9 Å². The zero-order valence-electron chi connectivity index (χ0n) is 13.1. The van der Waals surface area contributed by atoms with Crippen LogP contribution >= 0.6 is 11.3 Å². The molecule has 0 unspecified atom stereocenters. The van der Waals surface area contributed by atoms with Crippen molar-refractivity contribution < 1.29 is 0 Å². The van der Waals surface area contributed by atoms with Gasteiger partial charge in [0.2, 0.25) is 0 Å². The monoisotopic (exact) mass is 311 g/mol. The Morgan fingerprint density at radius 2 is 1.91 bits per heavy atom. The van der Waals surface area contributed by atoms with Gasteiger partial charge < -0.3 is 5.32 Å². The fourth-order valence-electron chi connectivity index (χ4n) is 2.43. The lowest BCUT2D eigenvalue weighted by atomic mass is 10.1. The van der Waals surface area contributed by atoms with Gasteiger partial charge in [0.1, 0.15) is 16.5 Å². The van der Waals surface area contributed by atoms with Crippen molar-refractivity contribution in [3.05, 3.63) is 52.7 Å².